The molecule has 0 aliphatic heterocycles. The van der Waals surface area contributed by atoms with Gasteiger partial charge in [0.15, 0.2) is 0 Å². The van der Waals surface area contributed by atoms with Gasteiger partial charge in [-0.3, -0.25) is 0 Å². The van der Waals surface area contributed by atoms with Crippen LogP contribution >= 0.6 is 0 Å². The van der Waals surface area contributed by atoms with Gasteiger partial charge in [0, 0.05) is 18.5 Å². The molecule has 5 heteroatoms. The normalized spacial score (nSPS) is 11.2. The standard InChI is InChI=1S/C20H24N2O3/c1-5-6-11-22-19-18(14(3)21-22)13(2)17(20(23)25-19)12-15-7-9-16(24-4)10-8-15/h7-10H,5-6,11-12H2,1-4H3. The molecular weight excluding hydrogens is 316 g/mol. The van der Waals surface area contributed by atoms with Gasteiger partial charge >= 0.3 is 5.63 Å². The molecule has 0 spiro atoms. The van der Waals surface area contributed by atoms with Crippen LogP contribution in [-0.4, -0.2) is 16.9 Å². The predicted octanol–water partition coefficient (Wildman–Crippen LogP) is 4.01. The van der Waals surface area contributed by atoms with Crippen molar-refractivity contribution in [2.24, 2.45) is 0 Å². The van der Waals surface area contributed by atoms with E-state index in [1.807, 2.05) is 42.8 Å². The highest BCUT2D eigenvalue weighted by Crippen LogP contribution is 2.25. The number of methoxy groups -OCH3 is 1. The van der Waals surface area contributed by atoms with Gasteiger partial charge in [-0.25, -0.2) is 9.48 Å². The number of benzene rings is 1. The van der Waals surface area contributed by atoms with Crippen molar-refractivity contribution in [2.45, 2.75) is 46.6 Å². The van der Waals surface area contributed by atoms with E-state index in [-0.39, 0.29) is 5.63 Å². The van der Waals surface area contributed by atoms with Crippen LogP contribution in [-0.2, 0) is 13.0 Å². The van der Waals surface area contributed by atoms with Crippen molar-refractivity contribution in [1.82, 2.24) is 9.78 Å². The Hall–Kier alpha value is -2.56. The quantitative estimate of drug-likeness (QED) is 0.680. The van der Waals surface area contributed by atoms with Crippen molar-refractivity contribution in [3.63, 3.8) is 0 Å². The Labute approximate surface area is 147 Å². The minimum atomic E-state index is -0.279. The second-order valence-electron chi connectivity index (χ2n) is 6.36. The van der Waals surface area contributed by atoms with Gasteiger partial charge in [0.25, 0.3) is 0 Å². The molecule has 0 aliphatic rings. The van der Waals surface area contributed by atoms with E-state index in [4.69, 9.17) is 9.15 Å². The first-order valence-corrected chi connectivity index (χ1v) is 8.67. The predicted molar refractivity (Wildman–Crippen MR) is 98.5 cm³/mol. The van der Waals surface area contributed by atoms with Crippen molar-refractivity contribution < 1.29 is 9.15 Å². The van der Waals surface area contributed by atoms with E-state index in [0.29, 0.717) is 17.7 Å². The Morgan fingerprint density at radius 3 is 2.56 bits per heavy atom. The summed E-state index contributed by atoms with van der Waals surface area (Å²) in [6.07, 6.45) is 2.61. The summed E-state index contributed by atoms with van der Waals surface area (Å²) < 4.78 is 12.7. The summed E-state index contributed by atoms with van der Waals surface area (Å²) in [5.41, 5.74) is 3.92. The van der Waals surface area contributed by atoms with Crippen LogP contribution in [0.3, 0.4) is 0 Å². The molecule has 132 valence electrons. The van der Waals surface area contributed by atoms with Gasteiger partial charge in [-0.15, -0.1) is 0 Å². The highest BCUT2D eigenvalue weighted by Gasteiger charge is 2.18. The van der Waals surface area contributed by atoms with Crippen LogP contribution < -0.4 is 10.4 Å². The molecule has 0 amide bonds. The number of ether oxygens (including phenoxy) is 1. The van der Waals surface area contributed by atoms with Crippen LogP contribution in [0.5, 0.6) is 5.75 Å². The Kier molecular flexibility index (Phi) is 4.93. The van der Waals surface area contributed by atoms with Gasteiger partial charge < -0.3 is 9.15 Å². The summed E-state index contributed by atoms with van der Waals surface area (Å²) in [6.45, 7) is 6.85. The number of aromatic nitrogens is 2. The Balaban J connectivity index is 2.04. The number of unbranched alkanes of at least 4 members (excludes halogenated alkanes) is 1. The first-order valence-electron chi connectivity index (χ1n) is 8.67. The second kappa shape index (κ2) is 7.13. The van der Waals surface area contributed by atoms with Gasteiger partial charge in [-0.2, -0.15) is 5.10 Å². The topological polar surface area (TPSA) is 57.3 Å². The van der Waals surface area contributed by atoms with Crippen molar-refractivity contribution in [3.8, 4) is 5.75 Å². The molecule has 3 rings (SSSR count). The zero-order valence-electron chi connectivity index (χ0n) is 15.3. The molecule has 0 radical (unpaired) electrons. The van der Waals surface area contributed by atoms with Crippen molar-refractivity contribution >= 4 is 11.1 Å². The second-order valence-corrected chi connectivity index (χ2v) is 6.36. The minimum Gasteiger partial charge on any atom is -0.497 e. The fraction of sp³-hybridized carbons (Fsp3) is 0.400. The molecule has 3 aromatic rings. The average Bonchev–Trinajstić information content (AvgIpc) is 2.92. The van der Waals surface area contributed by atoms with Crippen molar-refractivity contribution in [2.75, 3.05) is 7.11 Å². The largest absolute Gasteiger partial charge is 0.497 e. The molecule has 0 saturated heterocycles. The van der Waals surface area contributed by atoms with E-state index in [2.05, 4.69) is 12.0 Å². The third-order valence-corrected chi connectivity index (χ3v) is 4.61. The Bertz CT molecular complexity index is 936. The summed E-state index contributed by atoms with van der Waals surface area (Å²) in [5, 5.41) is 5.53. The lowest BCUT2D eigenvalue weighted by Gasteiger charge is -2.08. The van der Waals surface area contributed by atoms with E-state index in [9.17, 15) is 4.79 Å². The molecule has 0 N–H and O–H groups in total. The summed E-state index contributed by atoms with van der Waals surface area (Å²) in [6, 6.07) is 7.75. The number of fused-ring (bicyclic) bond motifs is 1. The van der Waals surface area contributed by atoms with E-state index >= 15 is 0 Å². The molecule has 0 aliphatic carbocycles. The molecule has 0 bridgehead atoms. The van der Waals surface area contributed by atoms with Crippen LogP contribution in [0.2, 0.25) is 0 Å². The Morgan fingerprint density at radius 2 is 1.92 bits per heavy atom. The zero-order chi connectivity index (χ0) is 18.0. The number of hydrogen-bond acceptors (Lipinski definition) is 4. The van der Waals surface area contributed by atoms with Gasteiger partial charge in [0.05, 0.1) is 18.2 Å². The smallest absolute Gasteiger partial charge is 0.341 e. The highest BCUT2D eigenvalue weighted by molar-refractivity contribution is 5.81. The molecule has 0 unspecified atom stereocenters. The van der Waals surface area contributed by atoms with E-state index in [1.165, 1.54) is 0 Å². The maximum atomic E-state index is 12.6. The van der Waals surface area contributed by atoms with E-state index in [0.717, 1.165) is 47.3 Å². The number of nitrogens with zero attached hydrogens (tertiary/aromatic N) is 2. The summed E-state index contributed by atoms with van der Waals surface area (Å²) in [7, 11) is 1.64. The van der Waals surface area contributed by atoms with Gasteiger partial charge in [-0.05, 0) is 43.5 Å². The lowest BCUT2D eigenvalue weighted by atomic mass is 10.0. The maximum absolute atomic E-state index is 12.6. The van der Waals surface area contributed by atoms with Gasteiger partial charge in [-0.1, -0.05) is 25.5 Å². The third-order valence-electron chi connectivity index (χ3n) is 4.61. The van der Waals surface area contributed by atoms with E-state index in [1.54, 1.807) is 7.11 Å². The summed E-state index contributed by atoms with van der Waals surface area (Å²) in [4.78, 5) is 12.6. The monoisotopic (exact) mass is 340 g/mol. The van der Waals surface area contributed by atoms with Crippen LogP contribution in [0.4, 0.5) is 0 Å². The van der Waals surface area contributed by atoms with Crippen LogP contribution in [0.15, 0.2) is 33.5 Å². The fourth-order valence-corrected chi connectivity index (χ4v) is 3.16. The lowest BCUT2D eigenvalue weighted by molar-refractivity contribution is 0.414. The minimum absolute atomic E-state index is 0.279. The molecule has 1 aromatic carbocycles. The maximum Gasteiger partial charge on any atom is 0.341 e. The first-order chi connectivity index (χ1) is 12.0. The summed E-state index contributed by atoms with van der Waals surface area (Å²) >= 11 is 0. The SMILES string of the molecule is CCCCn1nc(C)c2c(C)c(Cc3ccc(OC)cc3)c(=O)oc21. The molecule has 2 heterocycles. The molecule has 25 heavy (non-hydrogen) atoms. The number of hydrogen-bond donors (Lipinski definition) is 0. The highest BCUT2D eigenvalue weighted by atomic mass is 16.5. The van der Waals surface area contributed by atoms with E-state index < -0.39 is 0 Å². The first kappa shape index (κ1) is 17.3. The number of rotatable bonds is 6. The summed E-state index contributed by atoms with van der Waals surface area (Å²) in [5.74, 6) is 0.802. The fourth-order valence-electron chi connectivity index (χ4n) is 3.16. The van der Waals surface area contributed by atoms with Gasteiger partial charge in [0.2, 0.25) is 5.71 Å². The molecule has 0 fully saturated rings. The van der Waals surface area contributed by atoms with Crippen LogP contribution in [0.25, 0.3) is 11.1 Å². The molecule has 0 saturated carbocycles. The van der Waals surface area contributed by atoms with Crippen LogP contribution in [0, 0.1) is 13.8 Å². The molecule has 5 nitrogen and oxygen atoms in total. The van der Waals surface area contributed by atoms with Crippen LogP contribution in [0.1, 0.15) is 42.1 Å². The number of aryl methyl sites for hydroxylation is 3. The average molecular weight is 340 g/mol. The van der Waals surface area contributed by atoms with Gasteiger partial charge in [0.1, 0.15) is 5.75 Å². The lowest BCUT2D eigenvalue weighted by Crippen LogP contribution is -2.12. The molecule has 0 atom stereocenters. The van der Waals surface area contributed by atoms with Crippen molar-refractivity contribution in [1.29, 1.82) is 0 Å². The molecular formula is C20H24N2O3. The Morgan fingerprint density at radius 1 is 1.20 bits per heavy atom. The third kappa shape index (κ3) is 3.31. The molecule has 2 aromatic heterocycles. The van der Waals surface area contributed by atoms with Crippen molar-refractivity contribution in [3.05, 3.63) is 57.1 Å². The zero-order valence-corrected chi connectivity index (χ0v) is 15.3.